The minimum atomic E-state index is -3.84. The molecule has 0 unspecified atom stereocenters. The molecule has 8 heteroatoms. The SMILES string of the molecule is Cc1ccc([C@H](NC(=O)[C@@H](C)N(c2cc(Cl)ccc2Cl)S(C)(=O)=O)c2ccccc2)cc1. The van der Waals surface area contributed by atoms with Gasteiger partial charge in [0.2, 0.25) is 15.9 Å². The van der Waals surface area contributed by atoms with Gasteiger partial charge in [-0.15, -0.1) is 0 Å². The molecule has 3 rings (SSSR count). The predicted molar refractivity (Wildman–Crippen MR) is 131 cm³/mol. The van der Waals surface area contributed by atoms with E-state index in [1.54, 1.807) is 6.07 Å². The Balaban J connectivity index is 1.98. The van der Waals surface area contributed by atoms with E-state index >= 15 is 0 Å². The van der Waals surface area contributed by atoms with Gasteiger partial charge in [0.25, 0.3) is 0 Å². The molecular formula is C24H24Cl2N2O3S. The van der Waals surface area contributed by atoms with Crippen molar-refractivity contribution in [2.45, 2.75) is 25.9 Å². The lowest BCUT2D eigenvalue weighted by atomic mass is 9.97. The van der Waals surface area contributed by atoms with E-state index in [2.05, 4.69) is 5.32 Å². The van der Waals surface area contributed by atoms with E-state index in [0.29, 0.717) is 5.02 Å². The molecule has 1 N–H and O–H groups in total. The maximum absolute atomic E-state index is 13.3. The first-order chi connectivity index (χ1) is 15.1. The van der Waals surface area contributed by atoms with Crippen LogP contribution < -0.4 is 9.62 Å². The van der Waals surface area contributed by atoms with Crippen molar-refractivity contribution in [2.75, 3.05) is 10.6 Å². The van der Waals surface area contributed by atoms with Crippen molar-refractivity contribution in [3.63, 3.8) is 0 Å². The molecule has 0 saturated carbocycles. The zero-order chi connectivity index (χ0) is 23.5. The summed E-state index contributed by atoms with van der Waals surface area (Å²) in [4.78, 5) is 13.3. The Morgan fingerprint density at radius 1 is 0.938 bits per heavy atom. The van der Waals surface area contributed by atoms with Gasteiger partial charge in [0.05, 0.1) is 23.0 Å². The number of carbonyl (C=O) groups excluding carboxylic acids is 1. The van der Waals surface area contributed by atoms with Gasteiger partial charge in [-0.1, -0.05) is 83.4 Å². The minimum Gasteiger partial charge on any atom is -0.343 e. The Morgan fingerprint density at radius 3 is 2.12 bits per heavy atom. The molecular weight excluding hydrogens is 467 g/mol. The average molecular weight is 491 g/mol. The third-order valence-electron chi connectivity index (χ3n) is 5.06. The summed E-state index contributed by atoms with van der Waals surface area (Å²) in [7, 11) is -3.84. The molecule has 3 aromatic carbocycles. The molecule has 32 heavy (non-hydrogen) atoms. The summed E-state index contributed by atoms with van der Waals surface area (Å²) in [6.07, 6.45) is 1.03. The fraction of sp³-hybridized carbons (Fsp3) is 0.208. The highest BCUT2D eigenvalue weighted by Crippen LogP contribution is 2.32. The monoisotopic (exact) mass is 490 g/mol. The topological polar surface area (TPSA) is 66.5 Å². The summed E-state index contributed by atoms with van der Waals surface area (Å²) in [6, 6.07) is 20.3. The number of anilines is 1. The number of halogens is 2. The maximum Gasteiger partial charge on any atom is 0.244 e. The van der Waals surface area contributed by atoms with E-state index in [9.17, 15) is 13.2 Å². The Morgan fingerprint density at radius 2 is 1.53 bits per heavy atom. The molecule has 3 aromatic rings. The molecule has 0 heterocycles. The van der Waals surface area contributed by atoms with Crippen LogP contribution in [0.15, 0.2) is 72.8 Å². The largest absolute Gasteiger partial charge is 0.343 e. The summed E-state index contributed by atoms with van der Waals surface area (Å²) >= 11 is 12.3. The summed E-state index contributed by atoms with van der Waals surface area (Å²) < 4.78 is 26.3. The van der Waals surface area contributed by atoms with Gasteiger partial charge in [0.1, 0.15) is 6.04 Å². The van der Waals surface area contributed by atoms with Crippen LogP contribution in [0.25, 0.3) is 0 Å². The second kappa shape index (κ2) is 9.94. The zero-order valence-corrected chi connectivity index (χ0v) is 20.2. The van der Waals surface area contributed by atoms with Gasteiger partial charge in [-0.3, -0.25) is 9.10 Å². The van der Waals surface area contributed by atoms with Crippen LogP contribution in [0, 0.1) is 6.92 Å². The number of benzene rings is 3. The average Bonchev–Trinajstić information content (AvgIpc) is 2.75. The first-order valence-corrected chi connectivity index (χ1v) is 12.5. The maximum atomic E-state index is 13.3. The number of nitrogens with zero attached hydrogens (tertiary/aromatic N) is 1. The standard InChI is InChI=1S/C24H24Cl2N2O3S/c1-16-9-11-19(12-10-16)23(18-7-5-4-6-8-18)27-24(29)17(2)28(32(3,30)31)22-15-20(25)13-14-21(22)26/h4-15,17,23H,1-3H3,(H,27,29)/t17-,23-/m1/s1. The molecule has 0 aliphatic heterocycles. The lowest BCUT2D eigenvalue weighted by molar-refractivity contribution is -0.122. The van der Waals surface area contributed by atoms with Crippen LogP contribution in [0.2, 0.25) is 10.0 Å². The molecule has 0 aromatic heterocycles. The Hall–Kier alpha value is -2.54. The molecule has 1 amide bonds. The van der Waals surface area contributed by atoms with Gasteiger partial charge in [0, 0.05) is 5.02 Å². The summed E-state index contributed by atoms with van der Waals surface area (Å²) in [6.45, 7) is 3.51. The number of hydrogen-bond acceptors (Lipinski definition) is 3. The smallest absolute Gasteiger partial charge is 0.244 e. The van der Waals surface area contributed by atoms with Gasteiger partial charge in [-0.2, -0.15) is 0 Å². The van der Waals surface area contributed by atoms with Crippen LogP contribution in [0.5, 0.6) is 0 Å². The molecule has 0 saturated heterocycles. The molecule has 168 valence electrons. The van der Waals surface area contributed by atoms with Crippen molar-refractivity contribution < 1.29 is 13.2 Å². The Kier molecular flexibility index (Phi) is 7.49. The zero-order valence-electron chi connectivity index (χ0n) is 17.9. The second-order valence-corrected chi connectivity index (χ2v) is 10.3. The van der Waals surface area contributed by atoms with Gasteiger partial charge < -0.3 is 5.32 Å². The van der Waals surface area contributed by atoms with Gasteiger partial charge in [0.15, 0.2) is 0 Å². The lowest BCUT2D eigenvalue weighted by Gasteiger charge is -2.30. The second-order valence-electron chi connectivity index (χ2n) is 7.59. The molecule has 2 atom stereocenters. The minimum absolute atomic E-state index is 0.149. The molecule has 0 radical (unpaired) electrons. The highest BCUT2D eigenvalue weighted by atomic mass is 35.5. The Labute approximate surface area is 199 Å². The van der Waals surface area contributed by atoms with Gasteiger partial charge in [-0.05, 0) is 43.2 Å². The molecule has 0 bridgehead atoms. The van der Waals surface area contributed by atoms with E-state index < -0.39 is 28.0 Å². The van der Waals surface area contributed by atoms with Crippen LogP contribution in [-0.4, -0.2) is 26.6 Å². The van der Waals surface area contributed by atoms with Crippen molar-refractivity contribution in [2.24, 2.45) is 0 Å². The van der Waals surface area contributed by atoms with Crippen LogP contribution in [0.1, 0.15) is 29.7 Å². The Bertz CT molecular complexity index is 1200. The molecule has 0 fully saturated rings. The van der Waals surface area contributed by atoms with E-state index in [4.69, 9.17) is 23.2 Å². The van der Waals surface area contributed by atoms with Crippen LogP contribution in [0.3, 0.4) is 0 Å². The van der Waals surface area contributed by atoms with Crippen molar-refractivity contribution >= 4 is 44.8 Å². The summed E-state index contributed by atoms with van der Waals surface area (Å²) in [5, 5.41) is 3.49. The van der Waals surface area contributed by atoms with E-state index in [-0.39, 0.29) is 10.7 Å². The van der Waals surface area contributed by atoms with Crippen LogP contribution >= 0.6 is 23.2 Å². The normalized spacial score (nSPS) is 13.3. The number of nitrogens with one attached hydrogen (secondary N) is 1. The van der Waals surface area contributed by atoms with Crippen molar-refractivity contribution in [3.8, 4) is 0 Å². The molecule has 0 aliphatic rings. The fourth-order valence-corrected chi connectivity index (χ4v) is 5.07. The van der Waals surface area contributed by atoms with Crippen LogP contribution in [0.4, 0.5) is 5.69 Å². The lowest BCUT2D eigenvalue weighted by Crippen LogP contribution is -2.49. The number of amides is 1. The highest BCUT2D eigenvalue weighted by Gasteiger charge is 2.32. The first-order valence-electron chi connectivity index (χ1n) is 9.94. The third-order valence-corrected chi connectivity index (χ3v) is 6.85. The quantitative estimate of drug-likeness (QED) is 0.484. The summed E-state index contributed by atoms with van der Waals surface area (Å²) in [5.41, 5.74) is 3.01. The van der Waals surface area contributed by atoms with Crippen molar-refractivity contribution in [3.05, 3.63) is 99.5 Å². The summed E-state index contributed by atoms with van der Waals surface area (Å²) in [5.74, 6) is -0.471. The predicted octanol–water partition coefficient (Wildman–Crippen LogP) is 5.36. The van der Waals surface area contributed by atoms with Gasteiger partial charge >= 0.3 is 0 Å². The molecule has 5 nitrogen and oxygen atoms in total. The van der Waals surface area contributed by atoms with E-state index in [1.165, 1.54) is 19.1 Å². The number of hydrogen-bond donors (Lipinski definition) is 1. The van der Waals surface area contributed by atoms with Crippen molar-refractivity contribution in [1.82, 2.24) is 5.32 Å². The highest BCUT2D eigenvalue weighted by molar-refractivity contribution is 7.92. The van der Waals surface area contributed by atoms with Crippen molar-refractivity contribution in [1.29, 1.82) is 0 Å². The number of carbonyl (C=O) groups is 1. The third kappa shape index (κ3) is 5.63. The van der Waals surface area contributed by atoms with E-state index in [0.717, 1.165) is 27.3 Å². The molecule has 0 spiro atoms. The fourth-order valence-electron chi connectivity index (χ4n) is 3.46. The number of aryl methyl sites for hydroxylation is 1. The first kappa shape index (κ1) is 24.1. The van der Waals surface area contributed by atoms with E-state index in [1.807, 2.05) is 61.5 Å². The number of sulfonamides is 1. The molecule has 0 aliphatic carbocycles. The van der Waals surface area contributed by atoms with Crippen LogP contribution in [-0.2, 0) is 14.8 Å². The number of rotatable bonds is 7. The van der Waals surface area contributed by atoms with Gasteiger partial charge in [-0.25, -0.2) is 8.42 Å².